The molecule has 0 unspecified atom stereocenters. The van der Waals surface area contributed by atoms with Gasteiger partial charge in [-0.25, -0.2) is 0 Å². The summed E-state index contributed by atoms with van der Waals surface area (Å²) in [7, 11) is 0. The van der Waals surface area contributed by atoms with Crippen molar-refractivity contribution in [2.45, 2.75) is 79.1 Å². The van der Waals surface area contributed by atoms with Crippen LogP contribution >= 0.6 is 0 Å². The number of hydrogen-bond donors (Lipinski definition) is 0. The van der Waals surface area contributed by atoms with Crippen molar-refractivity contribution in [1.82, 2.24) is 0 Å². The Hall–Kier alpha value is -1.14. The first-order chi connectivity index (χ1) is 13.7. The molecule has 3 aromatic rings. The van der Waals surface area contributed by atoms with E-state index >= 15 is 0 Å². The summed E-state index contributed by atoms with van der Waals surface area (Å²) in [6, 6.07) is 19.2. The van der Waals surface area contributed by atoms with E-state index in [1.165, 1.54) is 10.8 Å². The molecule has 0 radical (unpaired) electrons. The van der Waals surface area contributed by atoms with E-state index in [0.29, 0.717) is 0 Å². The Balaban J connectivity index is 2.49. The Bertz CT molecular complexity index is 941. The summed E-state index contributed by atoms with van der Waals surface area (Å²) in [4.78, 5) is 0. The molecule has 0 aliphatic rings. The van der Waals surface area contributed by atoms with Crippen molar-refractivity contribution in [2.24, 2.45) is 0 Å². The van der Waals surface area contributed by atoms with Crippen LogP contribution in [-0.4, -0.2) is 36.4 Å². The van der Waals surface area contributed by atoms with Crippen LogP contribution in [0.3, 0.4) is 0 Å². The van der Waals surface area contributed by atoms with Crippen LogP contribution in [0.1, 0.15) is 62.3 Å². The molecule has 3 rings (SSSR count). The Kier molecular flexibility index (Phi) is 6.34. The van der Waals surface area contributed by atoms with Crippen LogP contribution in [0.4, 0.5) is 0 Å². The van der Waals surface area contributed by atoms with E-state index < -0.39 is 36.4 Å². The second-order valence-corrected chi connectivity index (χ2v) is 17.2. The number of hydrogen-bond acceptors (Lipinski definition) is 3. The molecule has 162 valence electrons. The van der Waals surface area contributed by atoms with Gasteiger partial charge >= 0.3 is 188 Å². The normalized spacial score (nSPS) is 13.9. The topological polar surface area (TPSA) is 27.7 Å². The summed E-state index contributed by atoms with van der Waals surface area (Å²) in [6.45, 7) is 18.8. The Morgan fingerprint density at radius 2 is 0.867 bits per heavy atom. The van der Waals surface area contributed by atoms with Gasteiger partial charge in [-0.1, -0.05) is 0 Å². The van der Waals surface area contributed by atoms with E-state index in [0.717, 1.165) is 14.4 Å². The van der Waals surface area contributed by atoms with Crippen LogP contribution in [0.25, 0.3) is 21.5 Å². The van der Waals surface area contributed by atoms with Crippen molar-refractivity contribution in [3.05, 3.63) is 54.6 Å². The van der Waals surface area contributed by atoms with E-state index in [4.69, 9.17) is 9.22 Å². The van der Waals surface area contributed by atoms with Gasteiger partial charge < -0.3 is 0 Å². The maximum absolute atomic E-state index is 6.95. The molecule has 0 fully saturated rings. The van der Waals surface area contributed by atoms with E-state index in [9.17, 15) is 0 Å². The van der Waals surface area contributed by atoms with Crippen molar-refractivity contribution in [3.8, 4) is 0 Å². The standard InChI is InChI=1S/C14H9.3C4H9O.Sn/c1-2-6-12-10-14-8-4-3-7-13(14)9-11(12)5-1;3*1-4(2,3)5;/h1-9H;3*1-3H3;/q;3*-1;+3. The molecular weight excluding hydrogens is 479 g/mol. The zero-order chi connectivity index (χ0) is 22.4. The van der Waals surface area contributed by atoms with Crippen molar-refractivity contribution < 1.29 is 9.22 Å². The van der Waals surface area contributed by atoms with Gasteiger partial charge in [-0.15, -0.1) is 0 Å². The quantitative estimate of drug-likeness (QED) is 0.290. The fourth-order valence-electron chi connectivity index (χ4n) is 3.77. The van der Waals surface area contributed by atoms with Crippen molar-refractivity contribution in [1.29, 1.82) is 0 Å². The van der Waals surface area contributed by atoms with Crippen molar-refractivity contribution in [2.75, 3.05) is 0 Å². The summed E-state index contributed by atoms with van der Waals surface area (Å²) in [5.74, 6) is 0. The van der Waals surface area contributed by atoms with E-state index in [-0.39, 0.29) is 0 Å². The molecule has 0 atom stereocenters. The van der Waals surface area contributed by atoms with Gasteiger partial charge in [-0.3, -0.25) is 0 Å². The molecule has 30 heavy (non-hydrogen) atoms. The molecule has 0 aliphatic carbocycles. The molecule has 0 bridgehead atoms. The molecule has 0 spiro atoms. The molecule has 0 aliphatic heterocycles. The number of rotatable bonds is 4. The predicted molar refractivity (Wildman–Crippen MR) is 129 cm³/mol. The van der Waals surface area contributed by atoms with E-state index in [2.05, 4.69) is 117 Å². The third-order valence-corrected chi connectivity index (χ3v) is 15.2. The maximum atomic E-state index is 6.95. The van der Waals surface area contributed by atoms with Gasteiger partial charge in [-0.05, 0) is 0 Å². The van der Waals surface area contributed by atoms with E-state index in [1.807, 2.05) is 0 Å². The minimum absolute atomic E-state index is 0.412. The number of fused-ring (bicyclic) bond motifs is 2. The minimum atomic E-state index is -4.44. The molecule has 0 amide bonds. The molecule has 4 heteroatoms. The predicted octanol–water partition coefficient (Wildman–Crippen LogP) is 6.58. The second-order valence-electron chi connectivity index (χ2n) is 10.9. The van der Waals surface area contributed by atoms with Gasteiger partial charge in [0.1, 0.15) is 0 Å². The van der Waals surface area contributed by atoms with Gasteiger partial charge in [-0.2, -0.15) is 0 Å². The number of benzene rings is 3. The van der Waals surface area contributed by atoms with Gasteiger partial charge in [0, 0.05) is 0 Å². The van der Waals surface area contributed by atoms with Crippen LogP contribution in [0, 0.1) is 0 Å². The molecule has 0 saturated carbocycles. The van der Waals surface area contributed by atoms with Crippen molar-refractivity contribution in [3.63, 3.8) is 0 Å². The Labute approximate surface area is 187 Å². The molecule has 0 aromatic heterocycles. The average molecular weight is 515 g/mol. The third-order valence-electron chi connectivity index (χ3n) is 4.40. The fourth-order valence-corrected chi connectivity index (χ4v) is 15.1. The molecule has 3 aromatic carbocycles. The summed E-state index contributed by atoms with van der Waals surface area (Å²) in [5, 5.41) is 4.68. The first-order valence-electron chi connectivity index (χ1n) is 10.7. The van der Waals surface area contributed by atoms with Crippen LogP contribution in [-0.2, 0) is 9.22 Å². The monoisotopic (exact) mass is 516 g/mol. The van der Waals surface area contributed by atoms with Gasteiger partial charge in [0.15, 0.2) is 0 Å². The van der Waals surface area contributed by atoms with Gasteiger partial charge in [0.2, 0.25) is 0 Å². The van der Waals surface area contributed by atoms with E-state index in [1.54, 1.807) is 0 Å². The van der Waals surface area contributed by atoms with Crippen LogP contribution < -0.4 is 3.58 Å². The summed E-state index contributed by atoms with van der Waals surface area (Å²) >= 11 is -4.44. The Morgan fingerprint density at radius 1 is 0.533 bits per heavy atom. The summed E-state index contributed by atoms with van der Waals surface area (Å²) < 4.78 is 22.0. The fraction of sp³-hybridized carbons (Fsp3) is 0.462. The average Bonchev–Trinajstić information content (AvgIpc) is 2.54. The molecule has 0 heterocycles. The molecule has 0 N–H and O–H groups in total. The molecular formula is C26H36O3Sn. The van der Waals surface area contributed by atoms with Crippen LogP contribution in [0.5, 0.6) is 0 Å². The second kappa shape index (κ2) is 8.08. The first-order valence-corrected chi connectivity index (χ1v) is 15.6. The summed E-state index contributed by atoms with van der Waals surface area (Å²) in [5.41, 5.74) is -1.24. The van der Waals surface area contributed by atoms with Crippen LogP contribution in [0.15, 0.2) is 54.6 Å². The summed E-state index contributed by atoms with van der Waals surface area (Å²) in [6.07, 6.45) is 0. The Morgan fingerprint density at radius 3 is 1.20 bits per heavy atom. The van der Waals surface area contributed by atoms with Crippen LogP contribution in [0.2, 0.25) is 0 Å². The van der Waals surface area contributed by atoms with Crippen molar-refractivity contribution >= 4 is 44.7 Å². The molecule has 3 nitrogen and oxygen atoms in total. The SMILES string of the molecule is CC(C)(C)[O][Sn]([O]C(C)(C)C)([O]C(C)(C)C)[c]1c2ccccc2cc2ccccc12. The van der Waals surface area contributed by atoms with Gasteiger partial charge in [0.05, 0.1) is 0 Å². The van der Waals surface area contributed by atoms with Gasteiger partial charge in [0.25, 0.3) is 0 Å². The molecule has 0 saturated heterocycles. The zero-order valence-corrected chi connectivity index (χ0v) is 22.8. The zero-order valence-electron chi connectivity index (χ0n) is 19.9. The third kappa shape index (κ3) is 5.56. The first kappa shape index (κ1) is 23.5.